The van der Waals surface area contributed by atoms with E-state index in [1.165, 1.54) is 22.2 Å². The van der Waals surface area contributed by atoms with E-state index < -0.39 is 0 Å². The molecule has 0 radical (unpaired) electrons. The average Bonchev–Trinajstić information content (AvgIpc) is 3.29. The van der Waals surface area contributed by atoms with Gasteiger partial charge in [0.05, 0.1) is 11.2 Å². The zero-order valence-corrected chi connectivity index (χ0v) is 13.5. The second kappa shape index (κ2) is 5.03. The fourth-order valence-corrected chi connectivity index (χ4v) is 3.71. The summed E-state index contributed by atoms with van der Waals surface area (Å²) in [5.74, 6) is 0. The number of hydrogen-bond acceptors (Lipinski definition) is 3. The van der Waals surface area contributed by atoms with Crippen LogP contribution >= 0.6 is 0 Å². The van der Waals surface area contributed by atoms with Crippen molar-refractivity contribution >= 4 is 10.9 Å². The normalized spacial score (nSPS) is 13.5. The van der Waals surface area contributed by atoms with E-state index in [1.807, 2.05) is 36.3 Å². The van der Waals surface area contributed by atoms with Crippen LogP contribution in [0.2, 0.25) is 0 Å². The SMILES string of the molecule is Cn1nccc1-c1nn2c(c1-c1ccnc3ccccc13)CCC2. The van der Waals surface area contributed by atoms with E-state index in [4.69, 9.17) is 5.10 Å². The number of benzene rings is 1. The molecule has 5 heteroatoms. The number of fused-ring (bicyclic) bond motifs is 2. The van der Waals surface area contributed by atoms with E-state index in [9.17, 15) is 0 Å². The fraction of sp³-hybridized carbons (Fsp3) is 0.211. The summed E-state index contributed by atoms with van der Waals surface area (Å²) in [4.78, 5) is 4.51. The van der Waals surface area contributed by atoms with Crippen LogP contribution in [0.3, 0.4) is 0 Å². The van der Waals surface area contributed by atoms with E-state index in [0.29, 0.717) is 0 Å². The van der Waals surface area contributed by atoms with Gasteiger partial charge in [-0.25, -0.2) is 0 Å². The molecule has 5 nitrogen and oxygen atoms in total. The third-order valence-corrected chi connectivity index (χ3v) is 4.82. The van der Waals surface area contributed by atoms with Gasteiger partial charge >= 0.3 is 0 Å². The van der Waals surface area contributed by atoms with Crippen molar-refractivity contribution in [2.24, 2.45) is 7.05 Å². The number of para-hydroxylation sites is 1. The highest BCUT2D eigenvalue weighted by atomic mass is 15.3. The van der Waals surface area contributed by atoms with Gasteiger partial charge in [-0.1, -0.05) is 18.2 Å². The quantitative estimate of drug-likeness (QED) is 0.569. The van der Waals surface area contributed by atoms with Crippen LogP contribution in [-0.4, -0.2) is 24.5 Å². The van der Waals surface area contributed by atoms with Crippen LogP contribution in [0.15, 0.2) is 48.8 Å². The maximum Gasteiger partial charge on any atom is 0.118 e. The van der Waals surface area contributed by atoms with Gasteiger partial charge in [0, 0.05) is 42.6 Å². The molecule has 0 saturated carbocycles. The van der Waals surface area contributed by atoms with Gasteiger partial charge in [-0.05, 0) is 36.6 Å². The minimum Gasteiger partial charge on any atom is -0.268 e. The maximum atomic E-state index is 4.91. The van der Waals surface area contributed by atoms with Gasteiger partial charge in [0.25, 0.3) is 0 Å². The van der Waals surface area contributed by atoms with Crippen LogP contribution in [0.4, 0.5) is 0 Å². The molecule has 5 rings (SSSR count). The first kappa shape index (κ1) is 13.5. The molecule has 4 heterocycles. The summed E-state index contributed by atoms with van der Waals surface area (Å²) in [5.41, 5.74) is 6.84. The predicted octanol–water partition coefficient (Wildman–Crippen LogP) is 3.45. The van der Waals surface area contributed by atoms with Crippen LogP contribution in [0.1, 0.15) is 12.1 Å². The van der Waals surface area contributed by atoms with E-state index in [0.717, 1.165) is 36.3 Å². The molecule has 0 unspecified atom stereocenters. The van der Waals surface area contributed by atoms with Crippen LogP contribution in [0.5, 0.6) is 0 Å². The molecule has 1 aliphatic rings. The second-order valence-corrected chi connectivity index (χ2v) is 6.21. The molecule has 0 fully saturated rings. The Labute approximate surface area is 139 Å². The van der Waals surface area contributed by atoms with Crippen molar-refractivity contribution in [3.05, 3.63) is 54.5 Å². The summed E-state index contributed by atoms with van der Waals surface area (Å²) in [7, 11) is 1.97. The van der Waals surface area contributed by atoms with Gasteiger partial charge in [-0.2, -0.15) is 10.2 Å². The Kier molecular flexibility index (Phi) is 2.82. The minimum atomic E-state index is 0.989. The van der Waals surface area contributed by atoms with Crippen LogP contribution in [0, 0.1) is 0 Å². The largest absolute Gasteiger partial charge is 0.268 e. The Balaban J connectivity index is 1.86. The summed E-state index contributed by atoms with van der Waals surface area (Å²) < 4.78 is 4.05. The zero-order valence-electron chi connectivity index (χ0n) is 13.5. The maximum absolute atomic E-state index is 4.91. The van der Waals surface area contributed by atoms with Gasteiger partial charge < -0.3 is 0 Å². The highest BCUT2D eigenvalue weighted by Gasteiger charge is 2.26. The summed E-state index contributed by atoms with van der Waals surface area (Å²) in [6.07, 6.45) is 5.94. The first-order valence-electron chi connectivity index (χ1n) is 8.25. The molecule has 1 aromatic carbocycles. The van der Waals surface area contributed by atoms with Crippen LogP contribution in [-0.2, 0) is 20.0 Å². The summed E-state index contributed by atoms with van der Waals surface area (Å²) in [6, 6.07) is 12.4. The molecule has 4 aromatic rings. The van der Waals surface area contributed by atoms with Gasteiger partial charge in [0.15, 0.2) is 0 Å². The molecule has 0 spiro atoms. The number of nitrogens with zero attached hydrogens (tertiary/aromatic N) is 5. The van der Waals surface area contributed by atoms with Gasteiger partial charge in [0.1, 0.15) is 5.69 Å². The van der Waals surface area contributed by atoms with E-state index in [1.54, 1.807) is 0 Å². The van der Waals surface area contributed by atoms with E-state index in [2.05, 4.69) is 39.0 Å². The Morgan fingerprint density at radius 2 is 1.96 bits per heavy atom. The first-order chi connectivity index (χ1) is 11.8. The Morgan fingerprint density at radius 1 is 1.04 bits per heavy atom. The molecular formula is C19H17N5. The summed E-state index contributed by atoms with van der Waals surface area (Å²) in [6.45, 7) is 0.989. The highest BCUT2D eigenvalue weighted by Crippen LogP contribution is 2.39. The number of rotatable bonds is 2. The third-order valence-electron chi connectivity index (χ3n) is 4.82. The third kappa shape index (κ3) is 1.84. The molecule has 1 aliphatic heterocycles. The lowest BCUT2D eigenvalue weighted by atomic mass is 9.97. The smallest absolute Gasteiger partial charge is 0.118 e. The molecule has 0 aliphatic carbocycles. The first-order valence-corrected chi connectivity index (χ1v) is 8.25. The van der Waals surface area contributed by atoms with Crippen molar-refractivity contribution in [1.29, 1.82) is 0 Å². The van der Waals surface area contributed by atoms with Gasteiger partial charge in [-0.3, -0.25) is 14.3 Å². The second-order valence-electron chi connectivity index (χ2n) is 6.21. The molecular weight excluding hydrogens is 298 g/mol. The zero-order chi connectivity index (χ0) is 16.1. The van der Waals surface area contributed by atoms with Crippen LogP contribution in [0.25, 0.3) is 33.4 Å². The number of aryl methyl sites for hydroxylation is 2. The minimum absolute atomic E-state index is 0.989. The van der Waals surface area contributed by atoms with Gasteiger partial charge in [-0.15, -0.1) is 0 Å². The molecule has 118 valence electrons. The van der Waals surface area contributed by atoms with E-state index in [-0.39, 0.29) is 0 Å². The number of pyridine rings is 1. The molecule has 3 aromatic heterocycles. The monoisotopic (exact) mass is 315 g/mol. The lowest BCUT2D eigenvalue weighted by molar-refractivity contribution is 0.656. The molecule has 0 amide bonds. The lowest BCUT2D eigenvalue weighted by Crippen LogP contribution is -1.97. The molecule has 0 atom stereocenters. The molecule has 0 saturated heterocycles. The van der Waals surface area contributed by atoms with Crippen molar-refractivity contribution in [2.75, 3.05) is 0 Å². The Bertz CT molecular complexity index is 1050. The molecule has 0 N–H and O–H groups in total. The average molecular weight is 315 g/mol. The van der Waals surface area contributed by atoms with Gasteiger partial charge in [0.2, 0.25) is 0 Å². The molecule has 24 heavy (non-hydrogen) atoms. The summed E-state index contributed by atoms with van der Waals surface area (Å²) >= 11 is 0. The van der Waals surface area contributed by atoms with Crippen molar-refractivity contribution in [3.8, 4) is 22.5 Å². The predicted molar refractivity (Wildman–Crippen MR) is 93.5 cm³/mol. The topological polar surface area (TPSA) is 48.5 Å². The summed E-state index contributed by atoms with van der Waals surface area (Å²) in [5, 5.41) is 10.4. The Morgan fingerprint density at radius 3 is 2.83 bits per heavy atom. The van der Waals surface area contributed by atoms with Crippen molar-refractivity contribution in [1.82, 2.24) is 24.5 Å². The van der Waals surface area contributed by atoms with Crippen LogP contribution < -0.4 is 0 Å². The van der Waals surface area contributed by atoms with Crippen molar-refractivity contribution in [2.45, 2.75) is 19.4 Å². The molecule has 0 bridgehead atoms. The Hall–Kier alpha value is -2.95. The fourth-order valence-electron chi connectivity index (χ4n) is 3.71. The van der Waals surface area contributed by atoms with Crippen molar-refractivity contribution < 1.29 is 0 Å². The number of hydrogen-bond donors (Lipinski definition) is 0. The number of aromatic nitrogens is 5. The highest BCUT2D eigenvalue weighted by molar-refractivity contribution is 5.98. The standard InChI is InChI=1S/C19H17N5/c1-23-17(9-11-21-23)19-18(16-7-4-12-24(16)22-19)14-8-10-20-15-6-3-2-5-13(14)15/h2-3,5-6,8-11H,4,7,12H2,1H3. The van der Waals surface area contributed by atoms with E-state index >= 15 is 0 Å². The van der Waals surface area contributed by atoms with Crippen molar-refractivity contribution in [3.63, 3.8) is 0 Å². The lowest BCUT2D eigenvalue weighted by Gasteiger charge is -2.09.